The second kappa shape index (κ2) is 30.9. The molecule has 55 nitrogen and oxygen atoms in total. The normalized spacial score (nSPS) is 23.5. The van der Waals surface area contributed by atoms with Crippen LogP contribution in [0.15, 0.2) is 30.3 Å². The number of aliphatic hydroxyl groups excluding tert-OH is 3. The molecule has 736 valence electrons. The molecule has 0 amide bonds. The highest BCUT2D eigenvalue weighted by atomic mass is 16.7. The van der Waals surface area contributed by atoms with E-state index in [4.69, 9.17) is 52.1 Å². The summed E-state index contributed by atoms with van der Waals surface area (Å²) in [7, 11) is 0. The molecule has 0 spiro atoms. The van der Waals surface area contributed by atoms with Gasteiger partial charge in [-0.05, 0) is 30.3 Å². The molecule has 12 bridgehead atoms. The number of aliphatic hydroxyl groups is 4. The number of benzene rings is 10. The van der Waals surface area contributed by atoms with Crippen LogP contribution in [0, 0.1) is 0 Å². The highest BCUT2D eigenvalue weighted by Crippen LogP contribution is 2.69. The lowest BCUT2D eigenvalue weighted by atomic mass is 9.71. The molecule has 1 unspecified atom stereocenters. The van der Waals surface area contributed by atoms with Gasteiger partial charge in [0.2, 0.25) is 63.3 Å². The van der Waals surface area contributed by atoms with Crippen molar-refractivity contribution in [1.29, 1.82) is 0 Å². The molecule has 11 aliphatic heterocycles. The summed E-state index contributed by atoms with van der Waals surface area (Å²) in [6, 6.07) is 0.287. The summed E-state index contributed by atoms with van der Waals surface area (Å²) < 4.78 is 65.0. The Labute approximate surface area is 777 Å². The zero-order chi connectivity index (χ0) is 103. The summed E-state index contributed by atoms with van der Waals surface area (Å²) in [5, 5.41) is 408. The Morgan fingerprint density at radius 3 is 0.817 bits per heavy atom. The summed E-state index contributed by atoms with van der Waals surface area (Å²) >= 11 is 0. The van der Waals surface area contributed by atoms with Gasteiger partial charge in [-0.15, -0.1) is 0 Å². The third kappa shape index (κ3) is 12.2. The molecule has 0 aliphatic carbocycles. The number of carbonyl (C=O) groups excluding carboxylic acids is 10. The van der Waals surface area contributed by atoms with Crippen LogP contribution in [-0.2, 0) is 52.1 Å². The van der Waals surface area contributed by atoms with Crippen molar-refractivity contribution in [3.8, 4) is 239 Å². The molecule has 34 N–H and O–H groups in total. The quantitative estimate of drug-likeness (QED) is 0.0649. The van der Waals surface area contributed by atoms with E-state index < -0.39 is 476 Å². The molecule has 21 rings (SSSR count). The molecule has 11 aliphatic rings. The van der Waals surface area contributed by atoms with E-state index in [9.17, 15) is 174 Å². The van der Waals surface area contributed by atoms with Crippen molar-refractivity contribution >= 4 is 59.7 Å². The van der Waals surface area contributed by atoms with Crippen molar-refractivity contribution in [1.82, 2.24) is 0 Å². The number of fused-ring (bicyclic) bond motifs is 14. The van der Waals surface area contributed by atoms with Crippen molar-refractivity contribution in [3.63, 3.8) is 0 Å². The summed E-state index contributed by atoms with van der Waals surface area (Å²) in [6.45, 7) is -5.85. The van der Waals surface area contributed by atoms with Gasteiger partial charge in [0.05, 0.1) is 74.1 Å². The number of ether oxygens (including phenoxy) is 11. The maximum atomic E-state index is 17.1. The monoisotopic (exact) mass is 1980 g/mol. The SMILES string of the molecule is O=C1OC[C@H]2OC(=O)c3cc(O)c(O)c(O)c3-c3c(O)c(O)c(O)c4c3C(=O)O[C@H]([C@H]3OC(=O)c5c-4c(O)c(O)c(O)c5[C@@H]3c3c(O)c(O)c(O)c4c3C(=O)OC[C@H]3OC(=O)c5cc(O)c(O)c(O)c5-c5c(O)c(O)c(O)c6c5C(=O)O[C@H]([C@H]5OC(=O)c7c-6c(O)c(O)c(O)c7[C@H]5C5(O)OC[C@H](O)[C@@H](O)[C@H]5O)[C@@H]3OC(=O)c3cc(O)c(O)c(O)c3-4)[C@@H]2OC(=O)c2cc(O)c(O)c(O)c2-c2c1cc(O)c(O)c2O. The molecule has 10 aromatic rings. The van der Waals surface area contributed by atoms with Crippen molar-refractivity contribution in [2.24, 2.45) is 0 Å². The van der Waals surface area contributed by atoms with E-state index in [0.29, 0.717) is 0 Å². The van der Waals surface area contributed by atoms with Gasteiger partial charge in [0.25, 0.3) is 0 Å². The lowest BCUT2D eigenvalue weighted by molar-refractivity contribution is -0.341. The van der Waals surface area contributed by atoms with E-state index in [2.05, 4.69) is 0 Å². The number of hydrogen-bond acceptors (Lipinski definition) is 55. The maximum Gasteiger partial charge on any atom is 0.340 e. The molecule has 55 heteroatoms. The van der Waals surface area contributed by atoms with Gasteiger partial charge in [-0.3, -0.25) is 0 Å². The minimum Gasteiger partial charge on any atom is -0.504 e. The van der Waals surface area contributed by atoms with Crippen LogP contribution in [0.5, 0.6) is 172 Å². The van der Waals surface area contributed by atoms with Crippen molar-refractivity contribution in [2.75, 3.05) is 19.8 Å². The molecule has 14 atom stereocenters. The Morgan fingerprint density at radius 1 is 0.218 bits per heavy atom. The van der Waals surface area contributed by atoms with E-state index in [1.807, 2.05) is 0 Å². The first-order valence-electron chi connectivity index (χ1n) is 40.1. The fourth-order valence-corrected chi connectivity index (χ4v) is 19.1. The number of phenols is 30. The zero-order valence-corrected chi connectivity index (χ0v) is 69.3. The molecule has 11 heterocycles. The average molecular weight is 1980 g/mol. The van der Waals surface area contributed by atoms with Gasteiger partial charge in [-0.2, -0.15) is 0 Å². The molecule has 142 heavy (non-hydrogen) atoms. The second-order valence-corrected chi connectivity index (χ2v) is 32.9. The van der Waals surface area contributed by atoms with Gasteiger partial charge in [0.1, 0.15) is 31.5 Å². The van der Waals surface area contributed by atoms with Crippen LogP contribution in [-0.4, -0.2) is 326 Å². The maximum absolute atomic E-state index is 17.1. The first-order valence-corrected chi connectivity index (χ1v) is 40.1. The van der Waals surface area contributed by atoms with E-state index in [-0.39, 0.29) is 30.3 Å². The van der Waals surface area contributed by atoms with Gasteiger partial charge in [0.15, 0.2) is 164 Å². The van der Waals surface area contributed by atoms with E-state index in [1.165, 1.54) is 0 Å². The van der Waals surface area contributed by atoms with Crippen LogP contribution in [0.1, 0.15) is 132 Å². The summed E-state index contributed by atoms with van der Waals surface area (Å²) in [5.41, 5.74) is -44.4. The van der Waals surface area contributed by atoms with Gasteiger partial charge in [-0.1, -0.05) is 0 Å². The lowest BCUT2D eigenvalue weighted by Crippen LogP contribution is -2.68. The number of cyclic esters (lactones) is 2. The smallest absolute Gasteiger partial charge is 0.340 e. The largest absolute Gasteiger partial charge is 0.504 e. The highest BCUT2D eigenvalue weighted by Gasteiger charge is 2.67. The van der Waals surface area contributed by atoms with E-state index in [1.54, 1.807) is 0 Å². The fourth-order valence-electron chi connectivity index (χ4n) is 19.1. The number of esters is 10. The van der Waals surface area contributed by atoms with Gasteiger partial charge < -0.3 is 226 Å². The van der Waals surface area contributed by atoms with Crippen molar-refractivity contribution < 1.29 is 274 Å². The predicted molar refractivity (Wildman–Crippen MR) is 436 cm³/mol. The number of phenolic OH excluding ortho intramolecular Hbond substituents is 30. The lowest BCUT2D eigenvalue weighted by Gasteiger charge is -2.51. The molecular formula is C87H58O55. The van der Waals surface area contributed by atoms with Crippen LogP contribution < -0.4 is 0 Å². The standard InChI is InChI=1S/C87H58O55/c88-14-1-9-22(50(100)44(14)94)23-10(2-15(89)45(95)51(23)101)80(124)137-70-20(7-132-77(9)121)135-78(122)11-3-16(90)46(96)52(102)24(11)28-38-30(58(108)65(115)56(28)106)31-40-35(63(113)68(118)59(31)109)36(72(139-83(40)127)74(70)141-84(38)128)34-37-27(55(105)67(117)62(34)112)26-13(5-18(92)48(98)54(26)104)81(125)138-71-21(8-133-82(37)126)136-79(123)12-4-17(91)47(97)53(103)25(12)29-39-32(60(110)66(116)57(29)107)33-41-42(64(114)69(119)61(33)111)43(73(140-86(41)130)75(71)142-85(39)129)87(131)76(120)49(99)19(93)6-134-87/h1-5,19-21,36,43,49,70-76,88-120,131H,6-8H2/t19-,20+,21+,36-,43+,49+,70+,71+,72-,73-,74-,75-,76+,87?/m0/s1. The molecule has 0 aromatic heterocycles. The van der Waals surface area contributed by atoms with Crippen LogP contribution in [0.2, 0.25) is 0 Å². The fraction of sp³-hybridized carbons (Fsp3) is 0.195. The Kier molecular flexibility index (Phi) is 19.9. The topological polar surface area (TPSA) is 960 Å². The second-order valence-electron chi connectivity index (χ2n) is 32.9. The first kappa shape index (κ1) is 91.8. The number of rotatable bonds is 2. The minimum absolute atomic E-state index is 0.0391. The number of hydrogen-bond donors (Lipinski definition) is 34. The summed E-state index contributed by atoms with van der Waals surface area (Å²) in [4.78, 5) is 161. The Balaban J connectivity index is 0.930. The van der Waals surface area contributed by atoms with Crippen molar-refractivity contribution in [3.05, 3.63) is 103 Å². The van der Waals surface area contributed by atoms with Crippen LogP contribution in [0.25, 0.3) is 66.8 Å². The molecule has 10 aromatic carbocycles. The Hall–Kier alpha value is -19.3. The molecule has 0 saturated carbocycles. The van der Waals surface area contributed by atoms with Crippen molar-refractivity contribution in [2.45, 2.75) is 84.8 Å². The summed E-state index contributed by atoms with van der Waals surface area (Å²) in [6.07, 6.45) is -36.6. The predicted octanol–water partition coefficient (Wildman–Crippen LogP) is 0.900. The first-order chi connectivity index (χ1) is 66.7. The number of aromatic hydroxyl groups is 30. The van der Waals surface area contributed by atoms with E-state index in [0.717, 1.165) is 0 Å². The van der Waals surface area contributed by atoms with Crippen LogP contribution in [0.4, 0.5) is 0 Å². The Bertz CT molecular complexity index is 7630. The van der Waals surface area contributed by atoms with Gasteiger partial charge >= 0.3 is 59.7 Å². The third-order valence-corrected chi connectivity index (χ3v) is 25.5. The highest BCUT2D eigenvalue weighted by molar-refractivity contribution is 6.20. The Morgan fingerprint density at radius 2 is 0.458 bits per heavy atom. The molecule has 0 radical (unpaired) electrons. The van der Waals surface area contributed by atoms with E-state index >= 15 is 47.9 Å². The summed E-state index contributed by atoms with van der Waals surface area (Å²) in [5.74, 6) is -94.2. The van der Waals surface area contributed by atoms with Gasteiger partial charge in [0, 0.05) is 83.5 Å². The average Bonchev–Trinajstić information content (AvgIpc) is 1.06. The molecule has 1 fully saturated rings. The van der Waals surface area contributed by atoms with Gasteiger partial charge in [-0.25, -0.2) is 47.9 Å². The molecule has 1 saturated heterocycles. The molecular weight excluding hydrogens is 1920 g/mol. The minimum atomic E-state index is -4.09. The zero-order valence-electron chi connectivity index (χ0n) is 69.3. The third-order valence-electron chi connectivity index (χ3n) is 25.5. The van der Waals surface area contributed by atoms with Crippen LogP contribution in [0.3, 0.4) is 0 Å². The number of carbonyl (C=O) groups is 10. The van der Waals surface area contributed by atoms with Crippen LogP contribution >= 0.6 is 0 Å².